The van der Waals surface area contributed by atoms with Crippen molar-refractivity contribution in [2.24, 2.45) is 0 Å². The molecule has 1 aromatic heterocycles. The van der Waals surface area contributed by atoms with Gasteiger partial charge in [-0.3, -0.25) is 4.79 Å². The van der Waals surface area contributed by atoms with Crippen LogP contribution < -0.4 is 5.73 Å². The molecule has 114 valence electrons. The summed E-state index contributed by atoms with van der Waals surface area (Å²) >= 11 is 0. The molecular formula is C13H26N6O. The topological polar surface area (TPSA) is 80.3 Å². The normalized spacial score (nSPS) is 11.0. The van der Waals surface area contributed by atoms with Crippen LogP contribution in [0.4, 0.5) is 5.95 Å². The van der Waals surface area contributed by atoms with Crippen LogP contribution in [0.1, 0.15) is 27.2 Å². The van der Waals surface area contributed by atoms with E-state index in [-0.39, 0.29) is 18.4 Å². The van der Waals surface area contributed by atoms with E-state index < -0.39 is 0 Å². The van der Waals surface area contributed by atoms with Gasteiger partial charge in [0.25, 0.3) is 0 Å². The number of hydrogen-bond acceptors (Lipinski definition) is 5. The van der Waals surface area contributed by atoms with Gasteiger partial charge in [0.1, 0.15) is 12.9 Å². The van der Waals surface area contributed by atoms with Gasteiger partial charge < -0.3 is 15.5 Å². The zero-order valence-electron chi connectivity index (χ0n) is 12.7. The van der Waals surface area contributed by atoms with E-state index in [1.54, 1.807) is 0 Å². The first kappa shape index (κ1) is 16.4. The standard InChI is InChI=1S/C13H26N6O/c1-4-17(5-2)8-7-9-18(6-3)12(20)10-19-11-15-13(14)16-19/h11H,4-10H2,1-3H3,(H2,14,16). The summed E-state index contributed by atoms with van der Waals surface area (Å²) < 4.78 is 1.48. The van der Waals surface area contributed by atoms with Crippen LogP contribution in [0.2, 0.25) is 0 Å². The first-order valence-corrected chi connectivity index (χ1v) is 7.25. The van der Waals surface area contributed by atoms with Crippen molar-refractivity contribution in [1.29, 1.82) is 0 Å². The third-order valence-corrected chi connectivity index (χ3v) is 3.38. The van der Waals surface area contributed by atoms with Crippen LogP contribution in [0.25, 0.3) is 0 Å². The van der Waals surface area contributed by atoms with Gasteiger partial charge in [0.15, 0.2) is 0 Å². The molecule has 7 heteroatoms. The number of amides is 1. The number of nitrogens with two attached hydrogens (primary N) is 1. The highest BCUT2D eigenvalue weighted by Crippen LogP contribution is 1.99. The second kappa shape index (κ2) is 8.52. The Labute approximate surface area is 120 Å². The van der Waals surface area contributed by atoms with E-state index in [1.165, 1.54) is 11.0 Å². The Hall–Kier alpha value is -1.63. The molecule has 0 aliphatic carbocycles. The molecule has 1 aromatic rings. The molecule has 0 saturated heterocycles. The zero-order chi connectivity index (χ0) is 15.0. The largest absolute Gasteiger partial charge is 0.367 e. The van der Waals surface area contributed by atoms with Crippen molar-refractivity contribution in [2.75, 3.05) is 38.5 Å². The summed E-state index contributed by atoms with van der Waals surface area (Å²) in [5, 5.41) is 3.93. The van der Waals surface area contributed by atoms with Gasteiger partial charge >= 0.3 is 0 Å². The summed E-state index contributed by atoms with van der Waals surface area (Å²) in [6.07, 6.45) is 2.47. The molecular weight excluding hydrogens is 256 g/mol. The lowest BCUT2D eigenvalue weighted by Gasteiger charge is -2.23. The number of anilines is 1. The highest BCUT2D eigenvalue weighted by molar-refractivity contribution is 5.75. The first-order chi connectivity index (χ1) is 9.60. The Kier molecular flexibility index (Phi) is 7.00. The number of likely N-dealkylation sites (N-methyl/N-ethyl adjacent to an activating group) is 1. The maximum Gasteiger partial charge on any atom is 0.244 e. The maximum atomic E-state index is 12.2. The van der Waals surface area contributed by atoms with Crippen LogP contribution in [0.3, 0.4) is 0 Å². The minimum atomic E-state index is 0.0527. The van der Waals surface area contributed by atoms with Crippen molar-refractivity contribution >= 4 is 11.9 Å². The van der Waals surface area contributed by atoms with Crippen molar-refractivity contribution in [3.63, 3.8) is 0 Å². The number of carbonyl (C=O) groups excluding carboxylic acids is 1. The third kappa shape index (κ3) is 5.16. The fourth-order valence-corrected chi connectivity index (χ4v) is 2.11. The van der Waals surface area contributed by atoms with Crippen LogP contribution in [-0.2, 0) is 11.3 Å². The fraction of sp³-hybridized carbons (Fsp3) is 0.769. The van der Waals surface area contributed by atoms with Crippen LogP contribution >= 0.6 is 0 Å². The molecule has 0 saturated carbocycles. The van der Waals surface area contributed by atoms with Crippen LogP contribution in [0.5, 0.6) is 0 Å². The lowest BCUT2D eigenvalue weighted by molar-refractivity contribution is -0.131. The average Bonchev–Trinajstić information content (AvgIpc) is 2.84. The van der Waals surface area contributed by atoms with Gasteiger partial charge in [0.05, 0.1) is 0 Å². The molecule has 0 aliphatic rings. The number of aromatic nitrogens is 3. The lowest BCUT2D eigenvalue weighted by atomic mass is 10.3. The van der Waals surface area contributed by atoms with Gasteiger partial charge in [-0.1, -0.05) is 13.8 Å². The number of hydrogen-bond donors (Lipinski definition) is 1. The summed E-state index contributed by atoms with van der Waals surface area (Å²) in [7, 11) is 0. The van der Waals surface area contributed by atoms with Gasteiger partial charge in [-0.15, -0.1) is 5.10 Å². The van der Waals surface area contributed by atoms with E-state index in [1.807, 2.05) is 11.8 Å². The van der Waals surface area contributed by atoms with Crippen molar-refractivity contribution in [3.05, 3.63) is 6.33 Å². The molecule has 1 amide bonds. The second-order valence-electron chi connectivity index (χ2n) is 4.65. The predicted molar refractivity (Wildman–Crippen MR) is 79.1 cm³/mol. The Morgan fingerprint density at radius 3 is 2.45 bits per heavy atom. The molecule has 0 aliphatic heterocycles. The minimum absolute atomic E-state index is 0.0527. The Bertz CT molecular complexity index is 401. The average molecular weight is 282 g/mol. The Morgan fingerprint density at radius 1 is 1.25 bits per heavy atom. The van der Waals surface area contributed by atoms with Gasteiger partial charge in [0.2, 0.25) is 11.9 Å². The second-order valence-corrected chi connectivity index (χ2v) is 4.65. The molecule has 7 nitrogen and oxygen atoms in total. The molecule has 0 aromatic carbocycles. The van der Waals surface area contributed by atoms with Crippen LogP contribution in [0, 0.1) is 0 Å². The monoisotopic (exact) mass is 282 g/mol. The Morgan fingerprint density at radius 2 is 1.95 bits per heavy atom. The summed E-state index contributed by atoms with van der Waals surface area (Å²) in [6.45, 7) is 11.1. The van der Waals surface area contributed by atoms with Crippen LogP contribution in [-0.4, -0.2) is 63.2 Å². The summed E-state index contributed by atoms with van der Waals surface area (Å²) in [4.78, 5) is 20.2. The minimum Gasteiger partial charge on any atom is -0.367 e. The van der Waals surface area contributed by atoms with E-state index in [2.05, 4.69) is 28.8 Å². The van der Waals surface area contributed by atoms with E-state index in [0.717, 1.165) is 32.6 Å². The Balaban J connectivity index is 2.39. The smallest absolute Gasteiger partial charge is 0.244 e. The highest BCUT2D eigenvalue weighted by atomic mass is 16.2. The predicted octanol–water partition coefficient (Wildman–Crippen LogP) is 0.441. The van der Waals surface area contributed by atoms with Gasteiger partial charge in [-0.25, -0.2) is 9.67 Å². The van der Waals surface area contributed by atoms with Gasteiger partial charge in [0, 0.05) is 13.1 Å². The van der Waals surface area contributed by atoms with Crippen molar-refractivity contribution < 1.29 is 4.79 Å². The highest BCUT2D eigenvalue weighted by Gasteiger charge is 2.13. The van der Waals surface area contributed by atoms with Gasteiger partial charge in [-0.05, 0) is 33.0 Å². The number of rotatable bonds is 9. The summed E-state index contributed by atoms with van der Waals surface area (Å²) in [5.41, 5.74) is 5.43. The molecule has 0 fully saturated rings. The molecule has 20 heavy (non-hydrogen) atoms. The molecule has 1 heterocycles. The molecule has 0 atom stereocenters. The third-order valence-electron chi connectivity index (χ3n) is 3.38. The van der Waals surface area contributed by atoms with Gasteiger partial charge in [-0.2, -0.15) is 0 Å². The zero-order valence-corrected chi connectivity index (χ0v) is 12.7. The van der Waals surface area contributed by atoms with Crippen molar-refractivity contribution in [3.8, 4) is 0 Å². The molecule has 1 rings (SSSR count). The number of nitrogens with zero attached hydrogens (tertiary/aromatic N) is 5. The number of nitrogen functional groups attached to an aromatic ring is 1. The summed E-state index contributed by atoms with van der Waals surface area (Å²) in [5.74, 6) is 0.249. The van der Waals surface area contributed by atoms with E-state index in [9.17, 15) is 4.79 Å². The molecule has 0 unspecified atom stereocenters. The molecule has 2 N–H and O–H groups in total. The molecule has 0 spiro atoms. The first-order valence-electron chi connectivity index (χ1n) is 7.25. The molecule has 0 radical (unpaired) electrons. The van der Waals surface area contributed by atoms with E-state index in [0.29, 0.717) is 6.54 Å². The summed E-state index contributed by atoms with van der Waals surface area (Å²) in [6, 6.07) is 0. The lowest BCUT2D eigenvalue weighted by Crippen LogP contribution is -2.36. The fourth-order valence-electron chi connectivity index (χ4n) is 2.11. The van der Waals surface area contributed by atoms with Crippen molar-refractivity contribution in [1.82, 2.24) is 24.6 Å². The van der Waals surface area contributed by atoms with E-state index in [4.69, 9.17) is 5.73 Å². The van der Waals surface area contributed by atoms with Crippen molar-refractivity contribution in [2.45, 2.75) is 33.7 Å². The van der Waals surface area contributed by atoms with E-state index >= 15 is 0 Å². The quantitative estimate of drug-likeness (QED) is 0.711. The van der Waals surface area contributed by atoms with Crippen LogP contribution in [0.15, 0.2) is 6.33 Å². The maximum absolute atomic E-state index is 12.2. The molecule has 0 bridgehead atoms. The number of carbonyl (C=O) groups is 1. The SMILES string of the molecule is CCN(CC)CCCN(CC)C(=O)Cn1cnc(N)n1.